The van der Waals surface area contributed by atoms with Crippen molar-refractivity contribution in [1.29, 1.82) is 0 Å². The third-order valence-electron chi connectivity index (χ3n) is 2.07. The maximum Gasteiger partial charge on any atom is 0.0442 e. The second kappa shape index (κ2) is 5.29. The Balaban J connectivity index is 2.91. The van der Waals surface area contributed by atoms with Crippen molar-refractivity contribution in [2.45, 2.75) is 26.2 Å². The highest BCUT2D eigenvalue weighted by molar-refractivity contribution is 6.33. The highest BCUT2D eigenvalue weighted by Gasteiger charge is 2.08. The molecule has 0 bridgehead atoms. The lowest BCUT2D eigenvalue weighted by Gasteiger charge is -2.10. The minimum Gasteiger partial charge on any atom is -0.107 e. The Morgan fingerprint density at radius 3 is 2.71 bits per heavy atom. The monoisotopic (exact) mass is 226 g/mol. The fourth-order valence-corrected chi connectivity index (χ4v) is 1.74. The topological polar surface area (TPSA) is 0 Å². The first-order chi connectivity index (χ1) is 6.65. The first-order valence-electron chi connectivity index (χ1n) is 4.49. The van der Waals surface area contributed by atoms with Crippen LogP contribution >= 0.6 is 23.2 Å². The summed E-state index contributed by atoms with van der Waals surface area (Å²) in [6.45, 7) is 3.94. The van der Waals surface area contributed by atoms with E-state index in [1.807, 2.05) is 19.1 Å². The fourth-order valence-electron chi connectivity index (χ4n) is 1.26. The molecular weight excluding hydrogens is 215 g/mol. The van der Waals surface area contributed by atoms with Crippen LogP contribution < -0.4 is 0 Å². The molecule has 0 aliphatic rings. The van der Waals surface area contributed by atoms with Crippen molar-refractivity contribution in [3.05, 3.63) is 33.8 Å². The summed E-state index contributed by atoms with van der Waals surface area (Å²) in [6, 6.07) is 5.53. The van der Waals surface area contributed by atoms with Crippen LogP contribution in [-0.2, 0) is 0 Å². The second-order valence-corrected chi connectivity index (χ2v) is 4.04. The molecule has 0 nitrogen and oxygen atoms in total. The van der Waals surface area contributed by atoms with Crippen LogP contribution in [-0.4, -0.2) is 0 Å². The van der Waals surface area contributed by atoms with Crippen molar-refractivity contribution >= 4 is 23.2 Å². The molecule has 1 atom stereocenters. The van der Waals surface area contributed by atoms with Gasteiger partial charge in [0.1, 0.15) is 0 Å². The lowest BCUT2D eigenvalue weighted by molar-refractivity contribution is 0.796. The Morgan fingerprint density at radius 1 is 1.36 bits per heavy atom. The van der Waals surface area contributed by atoms with Gasteiger partial charge in [-0.3, -0.25) is 0 Å². The van der Waals surface area contributed by atoms with Crippen LogP contribution in [0.2, 0.25) is 10.0 Å². The summed E-state index contributed by atoms with van der Waals surface area (Å²) in [4.78, 5) is 0. The Bertz CT molecular complexity index is 372. The van der Waals surface area contributed by atoms with Gasteiger partial charge in [0.05, 0.1) is 0 Å². The largest absolute Gasteiger partial charge is 0.107 e. The summed E-state index contributed by atoms with van der Waals surface area (Å²) >= 11 is 12.0. The standard InChI is InChI=1S/C12H12Cl2/c1-3-4-5-9(2)11-8-10(13)6-7-12(11)14/h6-9H,5H2,1-2H3. The van der Waals surface area contributed by atoms with E-state index in [0.29, 0.717) is 5.92 Å². The van der Waals surface area contributed by atoms with E-state index in [9.17, 15) is 0 Å². The second-order valence-electron chi connectivity index (χ2n) is 3.20. The number of rotatable bonds is 2. The van der Waals surface area contributed by atoms with Crippen LogP contribution in [0.15, 0.2) is 18.2 Å². The number of halogens is 2. The molecular formula is C12H12Cl2. The lowest BCUT2D eigenvalue weighted by Crippen LogP contribution is -1.93. The molecule has 0 amide bonds. The number of benzene rings is 1. The van der Waals surface area contributed by atoms with Crippen LogP contribution in [0.3, 0.4) is 0 Å². The molecule has 0 saturated carbocycles. The molecule has 0 aliphatic carbocycles. The SMILES string of the molecule is CC#CCC(C)c1cc(Cl)ccc1Cl. The molecule has 1 aromatic rings. The van der Waals surface area contributed by atoms with E-state index in [1.54, 1.807) is 6.07 Å². The van der Waals surface area contributed by atoms with Gasteiger partial charge in [0.2, 0.25) is 0 Å². The molecule has 14 heavy (non-hydrogen) atoms. The zero-order chi connectivity index (χ0) is 10.6. The highest BCUT2D eigenvalue weighted by atomic mass is 35.5. The Labute approximate surface area is 95.2 Å². The Morgan fingerprint density at radius 2 is 2.07 bits per heavy atom. The first kappa shape index (κ1) is 11.4. The van der Waals surface area contributed by atoms with Crippen LogP contribution in [0, 0.1) is 11.8 Å². The van der Waals surface area contributed by atoms with Crippen LogP contribution in [0.1, 0.15) is 31.7 Å². The van der Waals surface area contributed by atoms with Crippen molar-refractivity contribution in [3.8, 4) is 11.8 Å². The highest BCUT2D eigenvalue weighted by Crippen LogP contribution is 2.29. The molecule has 1 rings (SSSR count). The Kier molecular flexibility index (Phi) is 4.32. The van der Waals surface area contributed by atoms with E-state index in [1.165, 1.54) is 0 Å². The predicted molar refractivity (Wildman–Crippen MR) is 62.9 cm³/mol. The quantitative estimate of drug-likeness (QED) is 0.652. The summed E-state index contributed by atoms with van der Waals surface area (Å²) in [5.74, 6) is 6.25. The summed E-state index contributed by atoms with van der Waals surface area (Å²) in [7, 11) is 0. The summed E-state index contributed by atoms with van der Waals surface area (Å²) < 4.78 is 0. The molecule has 2 heteroatoms. The first-order valence-corrected chi connectivity index (χ1v) is 5.25. The molecule has 74 valence electrons. The van der Waals surface area contributed by atoms with E-state index >= 15 is 0 Å². The molecule has 0 spiro atoms. The predicted octanol–water partition coefficient (Wildman–Crippen LogP) is 4.51. The van der Waals surface area contributed by atoms with Crippen LogP contribution in [0.5, 0.6) is 0 Å². The summed E-state index contributed by atoms with van der Waals surface area (Å²) in [6.07, 6.45) is 0.816. The molecule has 0 aromatic heterocycles. The van der Waals surface area contributed by atoms with Gasteiger partial charge in [0.15, 0.2) is 0 Å². The van der Waals surface area contributed by atoms with Crippen molar-refractivity contribution in [2.75, 3.05) is 0 Å². The zero-order valence-electron chi connectivity index (χ0n) is 8.27. The molecule has 0 N–H and O–H groups in total. The van der Waals surface area contributed by atoms with Gasteiger partial charge in [0, 0.05) is 16.5 Å². The minimum atomic E-state index is 0.327. The van der Waals surface area contributed by atoms with E-state index < -0.39 is 0 Å². The number of hydrogen-bond donors (Lipinski definition) is 0. The smallest absolute Gasteiger partial charge is 0.0442 e. The van der Waals surface area contributed by atoms with Crippen molar-refractivity contribution in [2.24, 2.45) is 0 Å². The van der Waals surface area contributed by atoms with Gasteiger partial charge in [0.25, 0.3) is 0 Å². The molecule has 0 saturated heterocycles. The van der Waals surface area contributed by atoms with Crippen molar-refractivity contribution in [1.82, 2.24) is 0 Å². The van der Waals surface area contributed by atoms with E-state index in [0.717, 1.165) is 22.0 Å². The van der Waals surface area contributed by atoms with Gasteiger partial charge >= 0.3 is 0 Å². The molecule has 1 unspecified atom stereocenters. The molecule has 0 fully saturated rings. The van der Waals surface area contributed by atoms with E-state index in [4.69, 9.17) is 23.2 Å². The molecule has 1 aromatic carbocycles. The molecule has 0 radical (unpaired) electrons. The molecule has 0 heterocycles. The van der Waals surface area contributed by atoms with E-state index in [-0.39, 0.29) is 0 Å². The third kappa shape index (κ3) is 2.94. The minimum absolute atomic E-state index is 0.327. The fraction of sp³-hybridized carbons (Fsp3) is 0.333. The van der Waals surface area contributed by atoms with Gasteiger partial charge in [-0.25, -0.2) is 0 Å². The van der Waals surface area contributed by atoms with Gasteiger partial charge < -0.3 is 0 Å². The van der Waals surface area contributed by atoms with Crippen molar-refractivity contribution < 1.29 is 0 Å². The van der Waals surface area contributed by atoms with Crippen LogP contribution in [0.4, 0.5) is 0 Å². The summed E-state index contributed by atoms with van der Waals surface area (Å²) in [5, 5.41) is 1.49. The zero-order valence-corrected chi connectivity index (χ0v) is 9.78. The van der Waals surface area contributed by atoms with Gasteiger partial charge in [-0.05, 0) is 36.6 Å². The maximum absolute atomic E-state index is 6.06. The average Bonchev–Trinajstić information content (AvgIpc) is 2.18. The maximum atomic E-state index is 6.06. The number of hydrogen-bond acceptors (Lipinski definition) is 0. The third-order valence-corrected chi connectivity index (χ3v) is 2.65. The Hall–Kier alpha value is -0.640. The lowest BCUT2D eigenvalue weighted by atomic mass is 9.98. The van der Waals surface area contributed by atoms with Crippen molar-refractivity contribution in [3.63, 3.8) is 0 Å². The van der Waals surface area contributed by atoms with Gasteiger partial charge in [-0.1, -0.05) is 30.1 Å². The normalized spacial score (nSPS) is 11.7. The van der Waals surface area contributed by atoms with Crippen LogP contribution in [0.25, 0.3) is 0 Å². The van der Waals surface area contributed by atoms with Gasteiger partial charge in [-0.15, -0.1) is 11.8 Å². The van der Waals surface area contributed by atoms with Gasteiger partial charge in [-0.2, -0.15) is 0 Å². The summed E-state index contributed by atoms with van der Waals surface area (Å²) in [5.41, 5.74) is 1.07. The van der Waals surface area contributed by atoms with E-state index in [2.05, 4.69) is 18.8 Å². The average molecular weight is 227 g/mol. The molecule has 0 aliphatic heterocycles.